The lowest BCUT2D eigenvalue weighted by atomic mass is 10.1. The van der Waals surface area contributed by atoms with E-state index < -0.39 is 0 Å². The molecule has 0 spiro atoms. The Labute approximate surface area is 92.7 Å². The van der Waals surface area contributed by atoms with Crippen LogP contribution in [0.5, 0.6) is 5.75 Å². The van der Waals surface area contributed by atoms with Crippen molar-refractivity contribution >= 4 is 5.69 Å². The van der Waals surface area contributed by atoms with Gasteiger partial charge in [-0.2, -0.15) is 0 Å². The molecule has 0 bridgehead atoms. The quantitative estimate of drug-likeness (QED) is 0.801. The van der Waals surface area contributed by atoms with Crippen LogP contribution in [0.1, 0.15) is 0 Å². The van der Waals surface area contributed by atoms with E-state index in [0.29, 0.717) is 0 Å². The van der Waals surface area contributed by atoms with E-state index in [2.05, 4.69) is 4.98 Å². The molecule has 16 heavy (non-hydrogen) atoms. The Hall–Kier alpha value is -2.23. The normalized spacial score (nSPS) is 10.1. The Morgan fingerprint density at radius 3 is 2.75 bits per heavy atom. The standard InChI is InChI=1S/C12H12N2O2/c1-16-10-4-2-3-8(5-10)9-6-11(13)12(15)14-7-9/h2-7H,13H2,1H3,(H,14,15). The van der Waals surface area contributed by atoms with Gasteiger partial charge in [0.2, 0.25) is 0 Å². The molecule has 2 aromatic rings. The average molecular weight is 216 g/mol. The van der Waals surface area contributed by atoms with Crippen molar-refractivity contribution in [1.82, 2.24) is 4.98 Å². The molecule has 0 radical (unpaired) electrons. The summed E-state index contributed by atoms with van der Waals surface area (Å²) in [6.45, 7) is 0. The first-order valence-corrected chi connectivity index (χ1v) is 4.83. The highest BCUT2D eigenvalue weighted by molar-refractivity contribution is 5.67. The molecule has 3 N–H and O–H groups in total. The number of pyridine rings is 1. The number of nitrogens with one attached hydrogen (secondary N) is 1. The monoisotopic (exact) mass is 216 g/mol. The number of hydrogen-bond donors (Lipinski definition) is 2. The molecule has 0 fully saturated rings. The minimum absolute atomic E-state index is 0.209. The Kier molecular flexibility index (Phi) is 2.64. The number of anilines is 1. The molecule has 0 atom stereocenters. The lowest BCUT2D eigenvalue weighted by Gasteiger charge is -2.04. The zero-order chi connectivity index (χ0) is 11.5. The summed E-state index contributed by atoms with van der Waals surface area (Å²) in [4.78, 5) is 13.7. The van der Waals surface area contributed by atoms with E-state index in [9.17, 15) is 4.79 Å². The van der Waals surface area contributed by atoms with Crippen molar-refractivity contribution in [2.75, 3.05) is 12.8 Å². The van der Waals surface area contributed by atoms with Crippen LogP contribution in [0.25, 0.3) is 11.1 Å². The maximum atomic E-state index is 11.1. The predicted molar refractivity (Wildman–Crippen MR) is 63.5 cm³/mol. The molecule has 0 aliphatic heterocycles. The third-order valence-electron chi connectivity index (χ3n) is 2.34. The van der Waals surface area contributed by atoms with Crippen molar-refractivity contribution in [3.05, 3.63) is 46.9 Å². The van der Waals surface area contributed by atoms with Gasteiger partial charge >= 0.3 is 0 Å². The lowest BCUT2D eigenvalue weighted by Crippen LogP contribution is -2.10. The molecule has 2 rings (SSSR count). The number of ether oxygens (including phenoxy) is 1. The van der Waals surface area contributed by atoms with Crippen LogP contribution in [-0.4, -0.2) is 12.1 Å². The van der Waals surface area contributed by atoms with Crippen molar-refractivity contribution in [3.8, 4) is 16.9 Å². The van der Waals surface area contributed by atoms with Crippen molar-refractivity contribution in [2.24, 2.45) is 0 Å². The van der Waals surface area contributed by atoms with Crippen molar-refractivity contribution in [2.45, 2.75) is 0 Å². The van der Waals surface area contributed by atoms with Gasteiger partial charge in [0, 0.05) is 11.8 Å². The number of rotatable bonds is 2. The summed E-state index contributed by atoms with van der Waals surface area (Å²) in [6.07, 6.45) is 1.63. The molecule has 1 aromatic carbocycles. The highest BCUT2D eigenvalue weighted by Gasteiger charge is 2.01. The summed E-state index contributed by atoms with van der Waals surface area (Å²) in [5.74, 6) is 0.766. The van der Waals surface area contributed by atoms with E-state index in [1.807, 2.05) is 24.3 Å². The first kappa shape index (κ1) is 10.3. The van der Waals surface area contributed by atoms with E-state index in [4.69, 9.17) is 10.5 Å². The zero-order valence-electron chi connectivity index (χ0n) is 8.86. The maximum Gasteiger partial charge on any atom is 0.271 e. The van der Waals surface area contributed by atoms with Crippen LogP contribution in [0.15, 0.2) is 41.3 Å². The Balaban J connectivity index is 2.50. The minimum atomic E-state index is -0.272. The summed E-state index contributed by atoms with van der Waals surface area (Å²) in [7, 11) is 1.61. The van der Waals surface area contributed by atoms with Gasteiger partial charge in [0.05, 0.1) is 12.8 Å². The number of aromatic nitrogens is 1. The van der Waals surface area contributed by atoms with Crippen molar-refractivity contribution in [3.63, 3.8) is 0 Å². The SMILES string of the molecule is COc1cccc(-c2c[nH]c(=O)c(N)c2)c1. The molecule has 0 amide bonds. The van der Waals surface area contributed by atoms with Gasteiger partial charge in [0.25, 0.3) is 5.56 Å². The molecule has 1 heterocycles. The predicted octanol–water partition coefficient (Wildman–Crippen LogP) is 1.63. The highest BCUT2D eigenvalue weighted by atomic mass is 16.5. The second kappa shape index (κ2) is 4.10. The number of H-pyrrole nitrogens is 1. The topological polar surface area (TPSA) is 68.1 Å². The summed E-state index contributed by atoms with van der Waals surface area (Å²) >= 11 is 0. The van der Waals surface area contributed by atoms with Gasteiger partial charge in [0.15, 0.2) is 0 Å². The van der Waals surface area contributed by atoms with Gasteiger partial charge in [-0.05, 0) is 23.8 Å². The Bertz CT molecular complexity index is 561. The third-order valence-corrected chi connectivity index (χ3v) is 2.34. The molecule has 0 unspecified atom stereocenters. The zero-order valence-corrected chi connectivity index (χ0v) is 8.86. The number of nitrogens with two attached hydrogens (primary N) is 1. The summed E-state index contributed by atoms with van der Waals surface area (Å²) < 4.78 is 5.13. The summed E-state index contributed by atoms with van der Waals surface area (Å²) in [6, 6.07) is 9.20. The van der Waals surface area contributed by atoms with Crippen molar-refractivity contribution < 1.29 is 4.74 Å². The first-order valence-electron chi connectivity index (χ1n) is 4.83. The summed E-state index contributed by atoms with van der Waals surface area (Å²) in [5, 5.41) is 0. The van der Waals surface area contributed by atoms with Crippen molar-refractivity contribution in [1.29, 1.82) is 0 Å². The minimum Gasteiger partial charge on any atom is -0.497 e. The second-order valence-electron chi connectivity index (χ2n) is 3.40. The van der Waals surface area contributed by atoms with Crippen LogP contribution in [0, 0.1) is 0 Å². The molecule has 82 valence electrons. The number of nitrogen functional groups attached to an aromatic ring is 1. The van der Waals surface area contributed by atoms with E-state index >= 15 is 0 Å². The molecule has 4 nitrogen and oxygen atoms in total. The fraction of sp³-hybridized carbons (Fsp3) is 0.0833. The van der Waals surface area contributed by atoms with Crippen LogP contribution < -0.4 is 16.0 Å². The molecular weight excluding hydrogens is 204 g/mol. The maximum absolute atomic E-state index is 11.1. The smallest absolute Gasteiger partial charge is 0.271 e. The molecular formula is C12H12N2O2. The molecule has 4 heteroatoms. The third kappa shape index (κ3) is 1.91. The Morgan fingerprint density at radius 2 is 2.06 bits per heavy atom. The number of aromatic amines is 1. The van der Waals surface area contributed by atoms with Crippen LogP contribution in [-0.2, 0) is 0 Å². The second-order valence-corrected chi connectivity index (χ2v) is 3.40. The fourth-order valence-corrected chi connectivity index (χ4v) is 1.47. The molecule has 0 aliphatic rings. The van der Waals surface area contributed by atoms with Crippen LogP contribution >= 0.6 is 0 Å². The van der Waals surface area contributed by atoms with Crippen LogP contribution in [0.3, 0.4) is 0 Å². The summed E-state index contributed by atoms with van der Waals surface area (Å²) in [5.41, 5.74) is 7.29. The first-order chi connectivity index (χ1) is 7.70. The number of hydrogen-bond acceptors (Lipinski definition) is 3. The molecule has 1 aromatic heterocycles. The van der Waals surface area contributed by atoms with Gasteiger partial charge < -0.3 is 15.5 Å². The molecule has 0 aliphatic carbocycles. The van der Waals surface area contributed by atoms with Crippen LogP contribution in [0.4, 0.5) is 5.69 Å². The van der Waals surface area contributed by atoms with E-state index in [1.54, 1.807) is 19.4 Å². The van der Waals surface area contributed by atoms with Gasteiger partial charge in [-0.3, -0.25) is 4.79 Å². The average Bonchev–Trinajstić information content (AvgIpc) is 2.33. The molecule has 0 saturated carbocycles. The number of methoxy groups -OCH3 is 1. The molecule has 0 saturated heterocycles. The highest BCUT2D eigenvalue weighted by Crippen LogP contribution is 2.23. The van der Waals surface area contributed by atoms with E-state index in [1.165, 1.54) is 0 Å². The lowest BCUT2D eigenvalue weighted by molar-refractivity contribution is 0.415. The largest absolute Gasteiger partial charge is 0.497 e. The number of benzene rings is 1. The van der Waals surface area contributed by atoms with E-state index in [-0.39, 0.29) is 11.2 Å². The van der Waals surface area contributed by atoms with Gasteiger partial charge in [-0.1, -0.05) is 12.1 Å². The van der Waals surface area contributed by atoms with Gasteiger partial charge in [-0.25, -0.2) is 0 Å². The van der Waals surface area contributed by atoms with Crippen LogP contribution in [0.2, 0.25) is 0 Å². The van der Waals surface area contributed by atoms with Gasteiger partial charge in [0.1, 0.15) is 5.75 Å². The van der Waals surface area contributed by atoms with Gasteiger partial charge in [-0.15, -0.1) is 0 Å². The Morgan fingerprint density at radius 1 is 1.25 bits per heavy atom. The fourth-order valence-electron chi connectivity index (χ4n) is 1.47. The van der Waals surface area contributed by atoms with E-state index in [0.717, 1.165) is 16.9 Å².